The minimum absolute atomic E-state index is 0.0221. The van der Waals surface area contributed by atoms with Crippen molar-refractivity contribution in [2.24, 2.45) is 0 Å². The molecule has 2 N–H and O–H groups in total. The zero-order valence-corrected chi connectivity index (χ0v) is 17.0. The number of amides is 2. The van der Waals surface area contributed by atoms with E-state index in [1.807, 2.05) is 36.4 Å². The van der Waals surface area contributed by atoms with E-state index in [4.69, 9.17) is 16.3 Å². The highest BCUT2D eigenvalue weighted by Crippen LogP contribution is 2.25. The molecule has 2 saturated heterocycles. The molecule has 3 atom stereocenters. The molecule has 6 nitrogen and oxygen atoms in total. The van der Waals surface area contributed by atoms with Gasteiger partial charge in [-0.05, 0) is 30.2 Å². The zero-order chi connectivity index (χ0) is 20.4. The Labute approximate surface area is 175 Å². The Hall–Kier alpha value is -2.57. The maximum absolute atomic E-state index is 13.0. The molecule has 2 aliphatic rings. The molecule has 2 heterocycles. The third kappa shape index (κ3) is 4.23. The number of piperazine rings is 1. The van der Waals surface area contributed by atoms with Crippen LogP contribution < -0.4 is 15.4 Å². The molecule has 2 aromatic rings. The van der Waals surface area contributed by atoms with Crippen LogP contribution in [0.4, 0.5) is 0 Å². The Morgan fingerprint density at radius 3 is 2.69 bits per heavy atom. The van der Waals surface area contributed by atoms with E-state index in [0.717, 1.165) is 16.9 Å². The lowest BCUT2D eigenvalue weighted by molar-refractivity contribution is -0.147. The average molecular weight is 414 g/mol. The van der Waals surface area contributed by atoms with Crippen LogP contribution in [-0.4, -0.2) is 48.5 Å². The molecule has 0 bridgehead atoms. The number of fused-ring (bicyclic) bond motifs is 1. The predicted octanol–water partition coefficient (Wildman–Crippen LogP) is 2.15. The first-order valence-electron chi connectivity index (χ1n) is 9.75. The number of benzene rings is 2. The van der Waals surface area contributed by atoms with Gasteiger partial charge in [-0.1, -0.05) is 41.9 Å². The number of ether oxygens (including phenoxy) is 1. The Morgan fingerprint density at radius 2 is 1.93 bits per heavy atom. The Kier molecular flexibility index (Phi) is 5.74. The highest BCUT2D eigenvalue weighted by molar-refractivity contribution is 6.30. The van der Waals surface area contributed by atoms with E-state index in [-0.39, 0.29) is 17.9 Å². The van der Waals surface area contributed by atoms with Gasteiger partial charge in [-0.25, -0.2) is 0 Å². The quantitative estimate of drug-likeness (QED) is 0.761. The van der Waals surface area contributed by atoms with E-state index in [0.29, 0.717) is 31.0 Å². The lowest BCUT2D eigenvalue weighted by atomic mass is 10.0. The smallest absolute Gasteiger partial charge is 0.246 e. The molecular formula is C22H24ClN3O3. The van der Waals surface area contributed by atoms with Crippen molar-refractivity contribution in [3.63, 3.8) is 0 Å². The number of hydrogen-bond acceptors (Lipinski definition) is 4. The summed E-state index contributed by atoms with van der Waals surface area (Å²) in [6.07, 6.45) is 1.07. The van der Waals surface area contributed by atoms with Crippen LogP contribution in [0.3, 0.4) is 0 Å². The molecule has 0 aromatic heterocycles. The van der Waals surface area contributed by atoms with E-state index in [1.54, 1.807) is 24.1 Å². The maximum atomic E-state index is 13.0. The van der Waals surface area contributed by atoms with Crippen LogP contribution in [0.1, 0.15) is 17.5 Å². The van der Waals surface area contributed by atoms with Crippen molar-refractivity contribution in [1.29, 1.82) is 0 Å². The molecule has 7 heteroatoms. The van der Waals surface area contributed by atoms with Crippen molar-refractivity contribution < 1.29 is 14.3 Å². The third-order valence-electron chi connectivity index (χ3n) is 5.63. The van der Waals surface area contributed by atoms with Gasteiger partial charge in [-0.2, -0.15) is 0 Å². The number of nitrogens with zero attached hydrogens (tertiary/aromatic N) is 1. The largest absolute Gasteiger partial charge is 0.496 e. The van der Waals surface area contributed by atoms with E-state index in [2.05, 4.69) is 10.6 Å². The van der Waals surface area contributed by atoms with E-state index < -0.39 is 12.1 Å². The minimum atomic E-state index is -0.534. The average Bonchev–Trinajstić information content (AvgIpc) is 3.17. The summed E-state index contributed by atoms with van der Waals surface area (Å²) in [5, 5.41) is 7.02. The Balaban J connectivity index is 1.39. The summed E-state index contributed by atoms with van der Waals surface area (Å²) < 4.78 is 5.39. The van der Waals surface area contributed by atoms with Crippen LogP contribution in [0.2, 0.25) is 5.02 Å². The van der Waals surface area contributed by atoms with Crippen molar-refractivity contribution >= 4 is 23.4 Å². The molecule has 0 saturated carbocycles. The number of nitrogens with one attached hydrogen (secondary N) is 2. The normalized spacial score (nSPS) is 23.7. The first kappa shape index (κ1) is 19.7. The van der Waals surface area contributed by atoms with Gasteiger partial charge in [0, 0.05) is 36.1 Å². The van der Waals surface area contributed by atoms with Crippen LogP contribution in [0, 0.1) is 0 Å². The van der Waals surface area contributed by atoms with Crippen molar-refractivity contribution in [3.8, 4) is 5.75 Å². The summed E-state index contributed by atoms with van der Waals surface area (Å²) >= 11 is 5.93. The lowest BCUT2D eigenvalue weighted by Gasteiger charge is -2.34. The van der Waals surface area contributed by atoms with E-state index in [1.165, 1.54) is 0 Å². The van der Waals surface area contributed by atoms with Crippen LogP contribution >= 0.6 is 11.6 Å². The molecule has 0 unspecified atom stereocenters. The molecule has 2 aliphatic heterocycles. The number of carbonyl (C=O) groups is 2. The first-order chi connectivity index (χ1) is 14.0. The van der Waals surface area contributed by atoms with Crippen molar-refractivity contribution in [1.82, 2.24) is 15.5 Å². The Bertz CT molecular complexity index is 902. The van der Waals surface area contributed by atoms with Crippen molar-refractivity contribution in [2.45, 2.75) is 37.5 Å². The van der Waals surface area contributed by atoms with Gasteiger partial charge in [0.05, 0.1) is 7.11 Å². The number of halogens is 1. The second-order valence-electron chi connectivity index (χ2n) is 7.52. The molecule has 152 valence electrons. The molecule has 29 heavy (non-hydrogen) atoms. The van der Waals surface area contributed by atoms with Crippen LogP contribution in [0.25, 0.3) is 0 Å². The fraction of sp³-hybridized carbons (Fsp3) is 0.364. The highest BCUT2D eigenvalue weighted by atomic mass is 35.5. The summed E-state index contributed by atoms with van der Waals surface area (Å²) in [5.41, 5.74) is 2.02. The topological polar surface area (TPSA) is 70.7 Å². The second kappa shape index (κ2) is 8.43. The number of hydrogen-bond donors (Lipinski definition) is 2. The summed E-state index contributed by atoms with van der Waals surface area (Å²) in [6, 6.07) is 14.3. The molecule has 2 aromatic carbocycles. The molecule has 0 aliphatic carbocycles. The number of carbonyl (C=O) groups excluding carboxylic acids is 2. The van der Waals surface area contributed by atoms with Crippen molar-refractivity contribution in [2.75, 3.05) is 13.7 Å². The van der Waals surface area contributed by atoms with E-state index in [9.17, 15) is 9.59 Å². The maximum Gasteiger partial charge on any atom is 0.246 e. The standard InChI is InChI=1S/C22H24ClN3O3/c1-29-20-5-3-2-4-15(20)12-24-17-11-19-21(27)25-18(22(28)26(19)13-17)10-14-6-8-16(23)9-7-14/h2-9,17-19,24H,10-13H2,1H3,(H,25,27)/t17-,18-,19-/m0/s1. The van der Waals surface area contributed by atoms with Gasteiger partial charge in [-0.3, -0.25) is 9.59 Å². The van der Waals surface area contributed by atoms with Crippen molar-refractivity contribution in [3.05, 3.63) is 64.7 Å². The summed E-state index contributed by atoms with van der Waals surface area (Å²) in [7, 11) is 1.65. The number of rotatable bonds is 6. The molecule has 2 amide bonds. The van der Waals surface area contributed by atoms with Gasteiger partial charge in [-0.15, -0.1) is 0 Å². The first-order valence-corrected chi connectivity index (χ1v) is 10.1. The molecule has 2 fully saturated rings. The molecular weight excluding hydrogens is 390 g/mol. The number of para-hydroxylation sites is 1. The molecule has 0 radical (unpaired) electrons. The van der Waals surface area contributed by atoms with Gasteiger partial charge in [0.15, 0.2) is 0 Å². The van der Waals surface area contributed by atoms with Gasteiger partial charge in [0.2, 0.25) is 11.8 Å². The van der Waals surface area contributed by atoms with Crippen LogP contribution in [0.5, 0.6) is 5.75 Å². The summed E-state index contributed by atoms with van der Waals surface area (Å²) in [5.74, 6) is 0.726. The summed E-state index contributed by atoms with van der Waals surface area (Å²) in [6.45, 7) is 1.16. The highest BCUT2D eigenvalue weighted by Gasteiger charge is 2.46. The second-order valence-corrected chi connectivity index (χ2v) is 7.96. The van der Waals surface area contributed by atoms with Crippen LogP contribution in [0.15, 0.2) is 48.5 Å². The lowest BCUT2D eigenvalue weighted by Crippen LogP contribution is -2.61. The predicted molar refractivity (Wildman–Crippen MR) is 111 cm³/mol. The SMILES string of the molecule is COc1ccccc1CN[C@H]1C[C@H]2C(=O)N[C@@H](Cc3ccc(Cl)cc3)C(=O)N2C1. The third-order valence-corrected chi connectivity index (χ3v) is 5.88. The van der Waals surface area contributed by atoms with Gasteiger partial charge in [0.1, 0.15) is 17.8 Å². The monoisotopic (exact) mass is 413 g/mol. The van der Waals surface area contributed by atoms with Gasteiger partial charge >= 0.3 is 0 Å². The summed E-state index contributed by atoms with van der Waals surface area (Å²) in [4.78, 5) is 27.3. The number of methoxy groups -OCH3 is 1. The minimum Gasteiger partial charge on any atom is -0.496 e. The molecule has 4 rings (SSSR count). The van der Waals surface area contributed by atoms with Gasteiger partial charge < -0.3 is 20.3 Å². The van der Waals surface area contributed by atoms with E-state index >= 15 is 0 Å². The van der Waals surface area contributed by atoms with Gasteiger partial charge in [0.25, 0.3) is 0 Å². The fourth-order valence-electron chi connectivity index (χ4n) is 4.10. The molecule has 0 spiro atoms. The zero-order valence-electron chi connectivity index (χ0n) is 16.2. The van der Waals surface area contributed by atoms with Crippen LogP contribution in [-0.2, 0) is 22.6 Å². The fourth-order valence-corrected chi connectivity index (χ4v) is 4.23. The Morgan fingerprint density at radius 1 is 1.17 bits per heavy atom.